The molecule has 0 spiro atoms. The van der Waals surface area contributed by atoms with Gasteiger partial charge in [0.25, 0.3) is 5.91 Å². The Bertz CT molecular complexity index is 523. The van der Waals surface area contributed by atoms with Gasteiger partial charge in [-0.2, -0.15) is 0 Å². The van der Waals surface area contributed by atoms with Gasteiger partial charge >= 0.3 is 0 Å². The van der Waals surface area contributed by atoms with Crippen LogP contribution in [0.25, 0.3) is 0 Å². The fraction of sp³-hybridized carbons (Fsp3) is 0. The van der Waals surface area contributed by atoms with Crippen LogP contribution in [0.15, 0.2) is 42.6 Å². The second-order valence-corrected chi connectivity index (χ2v) is 3.76. The molecule has 0 saturated carbocycles. The van der Waals surface area contributed by atoms with Crippen LogP contribution in [0, 0.1) is 0 Å². The molecule has 0 atom stereocenters. The zero-order chi connectivity index (χ0) is 12.3. The molecule has 0 unspecified atom stereocenters. The van der Waals surface area contributed by atoms with E-state index in [1.54, 1.807) is 12.1 Å². The largest absolute Gasteiger partial charge is 0.508 e. The summed E-state index contributed by atoms with van der Waals surface area (Å²) in [7, 11) is 0. The molecule has 0 aliphatic rings. The lowest BCUT2D eigenvalue weighted by Gasteiger charge is -2.04. The van der Waals surface area contributed by atoms with Gasteiger partial charge in [-0.1, -0.05) is 11.6 Å². The topological polar surface area (TPSA) is 62.2 Å². The summed E-state index contributed by atoms with van der Waals surface area (Å²) < 4.78 is 0. The molecular formula is C12H9ClN2O2. The zero-order valence-electron chi connectivity index (χ0n) is 8.72. The molecule has 0 aliphatic heterocycles. The van der Waals surface area contributed by atoms with Gasteiger partial charge in [-0.15, -0.1) is 0 Å². The number of rotatable bonds is 2. The highest BCUT2D eigenvalue weighted by Gasteiger charge is 2.05. The molecule has 2 rings (SSSR count). The van der Waals surface area contributed by atoms with E-state index >= 15 is 0 Å². The molecule has 0 fully saturated rings. The van der Waals surface area contributed by atoms with Gasteiger partial charge in [0.15, 0.2) is 0 Å². The number of carbonyl (C=O) groups excluding carboxylic acids is 1. The van der Waals surface area contributed by atoms with Crippen LogP contribution >= 0.6 is 11.6 Å². The van der Waals surface area contributed by atoms with Crippen LogP contribution in [0.5, 0.6) is 5.75 Å². The van der Waals surface area contributed by atoms with Gasteiger partial charge in [0.1, 0.15) is 10.9 Å². The van der Waals surface area contributed by atoms with E-state index in [2.05, 4.69) is 10.3 Å². The second kappa shape index (κ2) is 4.84. The van der Waals surface area contributed by atoms with Gasteiger partial charge in [-0.05, 0) is 36.4 Å². The quantitative estimate of drug-likeness (QED) is 0.804. The minimum Gasteiger partial charge on any atom is -0.508 e. The Kier molecular flexibility index (Phi) is 3.25. The summed E-state index contributed by atoms with van der Waals surface area (Å²) in [6.07, 6.45) is 1.47. The Morgan fingerprint density at radius 2 is 1.88 bits per heavy atom. The monoisotopic (exact) mass is 248 g/mol. The van der Waals surface area contributed by atoms with Gasteiger partial charge < -0.3 is 10.4 Å². The van der Waals surface area contributed by atoms with Gasteiger partial charge in [0.05, 0.1) is 11.9 Å². The number of hydrogen-bond acceptors (Lipinski definition) is 3. The maximum absolute atomic E-state index is 11.8. The summed E-state index contributed by atoms with van der Waals surface area (Å²) in [6.45, 7) is 0. The SMILES string of the molecule is O=C(Nc1ccc(Cl)nc1)c1ccc(O)cc1. The molecule has 86 valence electrons. The minimum absolute atomic E-state index is 0.120. The number of amides is 1. The highest BCUT2D eigenvalue weighted by atomic mass is 35.5. The number of nitrogens with one attached hydrogen (secondary N) is 1. The maximum Gasteiger partial charge on any atom is 0.255 e. The molecular weight excluding hydrogens is 240 g/mol. The molecule has 0 radical (unpaired) electrons. The lowest BCUT2D eigenvalue weighted by atomic mass is 10.2. The molecule has 1 heterocycles. The van der Waals surface area contributed by atoms with E-state index in [-0.39, 0.29) is 11.7 Å². The molecule has 1 amide bonds. The first-order chi connectivity index (χ1) is 8.15. The van der Waals surface area contributed by atoms with Crippen LogP contribution in [0.2, 0.25) is 5.15 Å². The lowest BCUT2D eigenvalue weighted by molar-refractivity contribution is 0.102. The number of phenolic OH excluding ortho intramolecular Hbond substituents is 1. The number of pyridine rings is 1. The number of aromatic hydroxyl groups is 1. The Hall–Kier alpha value is -2.07. The van der Waals surface area contributed by atoms with Crippen LogP contribution in [0.1, 0.15) is 10.4 Å². The van der Waals surface area contributed by atoms with Crippen LogP contribution in [-0.2, 0) is 0 Å². The number of anilines is 1. The predicted octanol–water partition coefficient (Wildman–Crippen LogP) is 2.69. The first-order valence-corrected chi connectivity index (χ1v) is 5.25. The van der Waals surface area contributed by atoms with Crippen molar-refractivity contribution in [2.75, 3.05) is 5.32 Å². The third kappa shape index (κ3) is 2.95. The molecule has 0 saturated heterocycles. The molecule has 2 aromatic rings. The third-order valence-corrected chi connectivity index (χ3v) is 2.34. The first-order valence-electron chi connectivity index (χ1n) is 4.87. The van der Waals surface area contributed by atoms with Crippen molar-refractivity contribution in [3.63, 3.8) is 0 Å². The number of halogens is 1. The number of hydrogen-bond donors (Lipinski definition) is 2. The van der Waals surface area contributed by atoms with Gasteiger partial charge in [-0.3, -0.25) is 4.79 Å². The van der Waals surface area contributed by atoms with Crippen molar-refractivity contribution in [1.82, 2.24) is 4.98 Å². The van der Waals surface area contributed by atoms with E-state index in [1.165, 1.54) is 30.5 Å². The smallest absolute Gasteiger partial charge is 0.255 e. The molecule has 17 heavy (non-hydrogen) atoms. The van der Waals surface area contributed by atoms with Crippen LogP contribution in [-0.4, -0.2) is 16.0 Å². The Balaban J connectivity index is 2.11. The van der Waals surface area contributed by atoms with Gasteiger partial charge in [-0.25, -0.2) is 4.98 Å². The molecule has 1 aromatic heterocycles. The zero-order valence-corrected chi connectivity index (χ0v) is 9.48. The van der Waals surface area contributed by atoms with Crippen molar-refractivity contribution in [3.8, 4) is 5.75 Å². The fourth-order valence-electron chi connectivity index (χ4n) is 1.27. The summed E-state index contributed by atoms with van der Waals surface area (Å²) >= 11 is 5.63. The van der Waals surface area contributed by atoms with E-state index in [0.29, 0.717) is 16.4 Å². The number of benzene rings is 1. The fourth-order valence-corrected chi connectivity index (χ4v) is 1.38. The second-order valence-electron chi connectivity index (χ2n) is 3.37. The number of phenols is 1. The minimum atomic E-state index is -0.269. The highest BCUT2D eigenvalue weighted by molar-refractivity contribution is 6.29. The van der Waals surface area contributed by atoms with Crippen molar-refractivity contribution in [2.45, 2.75) is 0 Å². The van der Waals surface area contributed by atoms with Gasteiger partial charge in [0, 0.05) is 5.56 Å². The summed E-state index contributed by atoms with van der Waals surface area (Å²) in [5, 5.41) is 12.1. The van der Waals surface area contributed by atoms with E-state index in [9.17, 15) is 4.79 Å². The molecule has 0 aliphatic carbocycles. The van der Waals surface area contributed by atoms with Crippen molar-refractivity contribution in [1.29, 1.82) is 0 Å². The van der Waals surface area contributed by atoms with Crippen LogP contribution in [0.3, 0.4) is 0 Å². The third-order valence-electron chi connectivity index (χ3n) is 2.11. The van der Waals surface area contributed by atoms with E-state index in [4.69, 9.17) is 16.7 Å². The maximum atomic E-state index is 11.8. The summed E-state index contributed by atoms with van der Waals surface area (Å²) in [4.78, 5) is 15.6. The average molecular weight is 249 g/mol. The normalized spacial score (nSPS) is 9.94. The molecule has 0 bridgehead atoms. The summed E-state index contributed by atoms with van der Waals surface area (Å²) in [6, 6.07) is 9.23. The standard InChI is InChI=1S/C12H9ClN2O2/c13-11-6-3-9(7-14-11)15-12(17)8-1-4-10(16)5-2-8/h1-7,16H,(H,15,17). The van der Waals surface area contributed by atoms with E-state index in [1.807, 2.05) is 0 Å². The number of carbonyl (C=O) groups is 1. The van der Waals surface area contributed by atoms with E-state index in [0.717, 1.165) is 0 Å². The summed E-state index contributed by atoms with van der Waals surface area (Å²) in [5.74, 6) is -0.149. The number of nitrogens with zero attached hydrogens (tertiary/aromatic N) is 1. The molecule has 5 heteroatoms. The lowest BCUT2D eigenvalue weighted by Crippen LogP contribution is -2.11. The Labute approximate surface area is 103 Å². The Morgan fingerprint density at radius 1 is 1.18 bits per heavy atom. The predicted molar refractivity (Wildman–Crippen MR) is 65.3 cm³/mol. The first kappa shape index (κ1) is 11.4. The average Bonchev–Trinajstić information content (AvgIpc) is 2.33. The highest BCUT2D eigenvalue weighted by Crippen LogP contribution is 2.13. The van der Waals surface area contributed by atoms with Crippen molar-refractivity contribution in [3.05, 3.63) is 53.3 Å². The Morgan fingerprint density at radius 3 is 2.47 bits per heavy atom. The molecule has 4 nitrogen and oxygen atoms in total. The molecule has 1 aromatic carbocycles. The van der Waals surface area contributed by atoms with Crippen molar-refractivity contribution >= 4 is 23.2 Å². The van der Waals surface area contributed by atoms with E-state index < -0.39 is 0 Å². The van der Waals surface area contributed by atoms with Crippen LogP contribution in [0.4, 0.5) is 5.69 Å². The number of aromatic nitrogens is 1. The van der Waals surface area contributed by atoms with Crippen molar-refractivity contribution < 1.29 is 9.90 Å². The molecule has 2 N–H and O–H groups in total. The summed E-state index contributed by atoms with van der Waals surface area (Å²) in [5.41, 5.74) is 1.02. The van der Waals surface area contributed by atoms with Gasteiger partial charge in [0.2, 0.25) is 0 Å². The van der Waals surface area contributed by atoms with Crippen molar-refractivity contribution in [2.24, 2.45) is 0 Å². The van der Waals surface area contributed by atoms with Crippen LogP contribution < -0.4 is 5.32 Å².